The van der Waals surface area contributed by atoms with Crippen molar-refractivity contribution < 1.29 is 32.6 Å². The van der Waals surface area contributed by atoms with E-state index in [1.165, 1.54) is 23.1 Å². The molecule has 2 aliphatic rings. The highest BCUT2D eigenvalue weighted by atomic mass is 35.5. The zero-order valence-electron chi connectivity index (χ0n) is 20.0. The zero-order chi connectivity index (χ0) is 26.5. The Morgan fingerprint density at radius 1 is 1.30 bits per heavy atom. The first-order chi connectivity index (χ1) is 17.7. The summed E-state index contributed by atoms with van der Waals surface area (Å²) < 4.78 is 36.6. The molecule has 0 radical (unpaired) electrons. The highest BCUT2D eigenvalue weighted by molar-refractivity contribution is 7.18. The summed E-state index contributed by atoms with van der Waals surface area (Å²) in [5.74, 6) is -1.39. The molecule has 1 aliphatic carbocycles. The number of carbonyl (C=O) groups excluding carboxylic acids is 3. The molecule has 1 aliphatic heterocycles. The molecule has 0 bridgehead atoms. The van der Waals surface area contributed by atoms with E-state index >= 15 is 0 Å². The summed E-state index contributed by atoms with van der Waals surface area (Å²) >= 11 is 7.06. The van der Waals surface area contributed by atoms with Crippen LogP contribution in [0.4, 0.5) is 20.2 Å². The lowest BCUT2D eigenvalue weighted by atomic mass is 9.90. The summed E-state index contributed by atoms with van der Waals surface area (Å²) in [6.07, 6.45) is 2.92. The van der Waals surface area contributed by atoms with Crippen LogP contribution in [0, 0.1) is 0 Å². The zero-order valence-corrected chi connectivity index (χ0v) is 21.6. The molecule has 2 heterocycles. The number of benzene rings is 1. The summed E-state index contributed by atoms with van der Waals surface area (Å²) in [6, 6.07) is 6.93. The van der Waals surface area contributed by atoms with E-state index in [-0.39, 0.29) is 61.3 Å². The van der Waals surface area contributed by atoms with E-state index in [2.05, 4.69) is 15.4 Å². The Bertz CT molecular complexity index is 1150. The van der Waals surface area contributed by atoms with Crippen LogP contribution in [0.3, 0.4) is 0 Å². The first-order valence-corrected chi connectivity index (χ1v) is 13.0. The maximum Gasteiger partial charge on any atom is 0.387 e. The first-order valence-electron chi connectivity index (χ1n) is 11.8. The maximum absolute atomic E-state index is 13.3. The van der Waals surface area contributed by atoms with Gasteiger partial charge in [-0.3, -0.25) is 19.3 Å². The van der Waals surface area contributed by atoms with Crippen LogP contribution in [0.15, 0.2) is 30.3 Å². The van der Waals surface area contributed by atoms with Gasteiger partial charge in [0.25, 0.3) is 11.8 Å². The Hall–Kier alpha value is -2.80. The lowest BCUT2D eigenvalue weighted by Crippen LogP contribution is -2.54. The number of nitrogens with one attached hydrogen (secondary N) is 2. The molecule has 1 aromatic carbocycles. The number of hydrogen-bond donors (Lipinski definition) is 2. The largest absolute Gasteiger partial charge is 0.433 e. The third kappa shape index (κ3) is 6.75. The average Bonchev–Trinajstić information content (AvgIpc) is 3.25. The Morgan fingerprint density at radius 3 is 2.70 bits per heavy atom. The van der Waals surface area contributed by atoms with Gasteiger partial charge in [0, 0.05) is 30.9 Å². The second-order valence-corrected chi connectivity index (χ2v) is 10.4. The summed E-state index contributed by atoms with van der Waals surface area (Å²) in [4.78, 5) is 41.8. The Kier molecular flexibility index (Phi) is 8.95. The number of anilines is 2. The summed E-state index contributed by atoms with van der Waals surface area (Å²) in [5, 5.41) is 5.53. The molecule has 2 aromatic rings. The fourth-order valence-corrected chi connectivity index (χ4v) is 5.15. The summed E-state index contributed by atoms with van der Waals surface area (Å²) in [7, 11) is 1.82. The fraction of sp³-hybridized carbons (Fsp3) is 0.458. The SMILES string of the molecule is CN(C1CCC1)[C@H](CNC(=O)c1ccc(Cl)s1)C(=O)Nc1ccc(N2CCOCC2=O)c(OC(F)F)c1. The van der Waals surface area contributed by atoms with Crippen LogP contribution < -0.4 is 20.3 Å². The van der Waals surface area contributed by atoms with Crippen molar-refractivity contribution in [2.24, 2.45) is 0 Å². The molecular formula is C24H27ClF2N4O5S. The number of morpholine rings is 1. The number of carbonyl (C=O) groups is 3. The van der Waals surface area contributed by atoms with Crippen LogP contribution in [0.5, 0.6) is 5.75 Å². The van der Waals surface area contributed by atoms with Crippen LogP contribution in [0.1, 0.15) is 28.9 Å². The fourth-order valence-electron chi connectivity index (χ4n) is 4.19. The van der Waals surface area contributed by atoms with Crippen molar-refractivity contribution in [2.45, 2.75) is 38.0 Å². The Morgan fingerprint density at radius 2 is 2.08 bits per heavy atom. The highest BCUT2D eigenvalue weighted by Gasteiger charge is 2.33. The molecule has 3 amide bonds. The van der Waals surface area contributed by atoms with Gasteiger partial charge in [-0.2, -0.15) is 8.78 Å². The minimum Gasteiger partial charge on any atom is -0.433 e. The molecule has 1 saturated heterocycles. The molecule has 2 fully saturated rings. The molecule has 0 unspecified atom stereocenters. The number of hydrogen-bond acceptors (Lipinski definition) is 7. The molecule has 200 valence electrons. The van der Waals surface area contributed by atoms with Gasteiger partial charge in [0.2, 0.25) is 5.91 Å². The van der Waals surface area contributed by atoms with E-state index in [1.807, 2.05) is 11.9 Å². The molecule has 37 heavy (non-hydrogen) atoms. The minimum absolute atomic E-state index is 0.0357. The molecule has 1 aromatic heterocycles. The number of ether oxygens (including phenoxy) is 2. The molecule has 13 heteroatoms. The van der Waals surface area contributed by atoms with Crippen LogP contribution in [0.25, 0.3) is 0 Å². The van der Waals surface area contributed by atoms with Gasteiger partial charge < -0.3 is 25.0 Å². The molecule has 0 spiro atoms. The molecule has 2 N–H and O–H groups in total. The molecular weight excluding hydrogens is 530 g/mol. The van der Waals surface area contributed by atoms with Crippen LogP contribution in [-0.4, -0.2) is 74.7 Å². The quantitative estimate of drug-likeness (QED) is 0.464. The van der Waals surface area contributed by atoms with Crippen molar-refractivity contribution in [2.75, 3.05) is 43.6 Å². The lowest BCUT2D eigenvalue weighted by Gasteiger charge is -2.39. The number of alkyl halides is 2. The first kappa shape index (κ1) is 27.2. The van der Waals surface area contributed by atoms with Gasteiger partial charge in [0.05, 0.1) is 21.5 Å². The van der Waals surface area contributed by atoms with Gasteiger partial charge in [0.15, 0.2) is 5.75 Å². The smallest absolute Gasteiger partial charge is 0.387 e. The monoisotopic (exact) mass is 556 g/mol. The average molecular weight is 557 g/mol. The van der Waals surface area contributed by atoms with Crippen molar-refractivity contribution in [3.8, 4) is 5.75 Å². The maximum atomic E-state index is 13.3. The van der Waals surface area contributed by atoms with E-state index in [1.54, 1.807) is 12.1 Å². The van der Waals surface area contributed by atoms with Gasteiger partial charge in [0.1, 0.15) is 12.6 Å². The van der Waals surface area contributed by atoms with Crippen LogP contribution >= 0.6 is 22.9 Å². The lowest BCUT2D eigenvalue weighted by molar-refractivity contribution is -0.126. The molecule has 9 nitrogen and oxygen atoms in total. The second-order valence-electron chi connectivity index (χ2n) is 8.73. The number of halogens is 3. The van der Waals surface area contributed by atoms with Crippen molar-refractivity contribution in [1.29, 1.82) is 0 Å². The molecule has 4 rings (SSSR count). The van der Waals surface area contributed by atoms with Crippen molar-refractivity contribution in [3.05, 3.63) is 39.5 Å². The number of nitrogens with zero attached hydrogens (tertiary/aromatic N) is 2. The third-order valence-electron chi connectivity index (χ3n) is 6.42. The predicted octanol–water partition coefficient (Wildman–Crippen LogP) is 3.59. The van der Waals surface area contributed by atoms with Gasteiger partial charge in [-0.15, -0.1) is 11.3 Å². The normalized spacial score (nSPS) is 17.0. The van der Waals surface area contributed by atoms with Gasteiger partial charge in [-0.1, -0.05) is 18.0 Å². The standard InChI is InChI=1S/C24H27ClF2N4O5S/c1-30(15-3-2-4-15)17(12-28-23(34)19-7-8-20(25)37-19)22(33)29-14-5-6-16(18(11-14)36-24(26)27)31-9-10-35-13-21(31)32/h5-8,11,15,17,24H,2-4,9-10,12-13H2,1H3,(H,28,34)(H,29,33)/t17-/m1/s1. The van der Waals surface area contributed by atoms with Crippen molar-refractivity contribution in [1.82, 2.24) is 10.2 Å². The second kappa shape index (κ2) is 12.2. The van der Waals surface area contributed by atoms with Crippen LogP contribution in [-0.2, 0) is 14.3 Å². The van der Waals surface area contributed by atoms with Crippen LogP contribution in [0.2, 0.25) is 4.34 Å². The van der Waals surface area contributed by atoms with Gasteiger partial charge >= 0.3 is 6.61 Å². The predicted molar refractivity (Wildman–Crippen MR) is 136 cm³/mol. The van der Waals surface area contributed by atoms with E-state index in [0.717, 1.165) is 30.6 Å². The van der Waals surface area contributed by atoms with E-state index in [4.69, 9.17) is 16.3 Å². The molecule has 1 atom stereocenters. The number of rotatable bonds is 10. The van der Waals surface area contributed by atoms with E-state index in [9.17, 15) is 23.2 Å². The third-order valence-corrected chi connectivity index (χ3v) is 7.65. The van der Waals surface area contributed by atoms with E-state index in [0.29, 0.717) is 9.21 Å². The van der Waals surface area contributed by atoms with E-state index < -0.39 is 18.6 Å². The Labute approximate surface area is 221 Å². The summed E-state index contributed by atoms with van der Waals surface area (Å²) in [5.41, 5.74) is 0.380. The number of likely N-dealkylation sites (N-methyl/N-ethyl adjacent to an activating group) is 1. The Balaban J connectivity index is 1.51. The van der Waals surface area contributed by atoms with Crippen molar-refractivity contribution >= 4 is 52.0 Å². The van der Waals surface area contributed by atoms with Gasteiger partial charge in [-0.25, -0.2) is 0 Å². The number of thiophene rings is 1. The number of amides is 3. The van der Waals surface area contributed by atoms with Crippen molar-refractivity contribution in [3.63, 3.8) is 0 Å². The molecule has 1 saturated carbocycles. The van der Waals surface area contributed by atoms with Gasteiger partial charge in [-0.05, 0) is 44.2 Å². The highest BCUT2D eigenvalue weighted by Crippen LogP contribution is 2.34. The summed E-state index contributed by atoms with van der Waals surface area (Å²) in [6.45, 7) is -2.80. The topological polar surface area (TPSA) is 100 Å². The minimum atomic E-state index is -3.13.